The highest BCUT2D eigenvalue weighted by molar-refractivity contribution is 7.76. The zero-order chi connectivity index (χ0) is 7.28. The third-order valence-electron chi connectivity index (χ3n) is 0.741. The van der Waals surface area contributed by atoms with Crippen molar-refractivity contribution in [3.8, 4) is 0 Å². The summed E-state index contributed by atoms with van der Waals surface area (Å²) in [5, 5.41) is 0. The largest absolute Gasteiger partial charge is 0.252 e. The van der Waals surface area contributed by atoms with E-state index in [1.54, 1.807) is 0 Å². The van der Waals surface area contributed by atoms with Gasteiger partial charge >= 0.3 is 0 Å². The second-order valence-electron chi connectivity index (χ2n) is 2.03. The molecule has 0 radical (unpaired) electrons. The van der Waals surface area contributed by atoms with E-state index in [9.17, 15) is 0 Å². The van der Waals surface area contributed by atoms with Crippen LogP contribution in [0.5, 0.6) is 0 Å². The van der Waals surface area contributed by atoms with E-state index >= 15 is 0 Å². The third-order valence-corrected chi connectivity index (χ3v) is 6.67. The first-order chi connectivity index (χ1) is 4.16. The van der Waals surface area contributed by atoms with Gasteiger partial charge in [0.25, 0.3) is 5.90 Å². The number of hydrogen-bond donors (Lipinski definition) is 0. The Bertz CT molecular complexity index is 137. The van der Waals surface area contributed by atoms with Crippen LogP contribution in [0.3, 0.4) is 0 Å². The Hall–Kier alpha value is 0.510. The number of hydrogen-bond acceptors (Lipinski definition) is 0. The molecule has 0 heterocycles. The summed E-state index contributed by atoms with van der Waals surface area (Å²) in [5.41, 5.74) is 0. The van der Waals surface area contributed by atoms with E-state index in [1.807, 2.05) is 0 Å². The fraction of sp³-hybridized carbons (Fsp3) is 0.500. The van der Waals surface area contributed by atoms with Gasteiger partial charge in [-0.2, -0.15) is 0 Å². The minimum absolute atomic E-state index is 0.0213. The fourth-order valence-electron chi connectivity index (χ4n) is 0.528. The lowest BCUT2D eigenvalue weighted by molar-refractivity contribution is 2.06. The molecule has 9 heavy (non-hydrogen) atoms. The molecule has 0 amide bonds. The molecule has 0 aliphatic carbocycles. The molecule has 2 atom stereocenters. The van der Waals surface area contributed by atoms with Gasteiger partial charge in [-0.1, -0.05) is 14.5 Å². The topological polar surface area (TPSA) is 0 Å². The van der Waals surface area contributed by atoms with Crippen LogP contribution >= 0.6 is 23.3 Å². The lowest BCUT2D eigenvalue weighted by Crippen LogP contribution is -1.68. The molecule has 0 aromatic rings. The summed E-state index contributed by atoms with van der Waals surface area (Å²) < 4.78 is 0. The van der Waals surface area contributed by atoms with Crippen molar-refractivity contribution in [1.29, 1.82) is 0 Å². The maximum atomic E-state index is 4.06. The summed E-state index contributed by atoms with van der Waals surface area (Å²) in [6.45, 7) is 2.20. The highest BCUT2D eigenvalue weighted by atomic mass is 31.2. The molecule has 0 saturated carbocycles. The van der Waals surface area contributed by atoms with E-state index < -0.39 is 0 Å². The van der Waals surface area contributed by atoms with Crippen molar-refractivity contribution in [3.63, 3.8) is 0 Å². The molecule has 0 aliphatic heterocycles. The summed E-state index contributed by atoms with van der Waals surface area (Å²) in [7, 11) is 1.30. The zero-order valence-electron chi connectivity index (χ0n) is 5.88. The first-order valence-corrected chi connectivity index (χ1v) is 7.98. The Kier molecular flexibility index (Phi) is 5.61. The van der Waals surface area contributed by atoms with Gasteiger partial charge in [0.15, 0.2) is 0 Å². The van der Waals surface area contributed by atoms with E-state index in [4.69, 9.17) is 0 Å². The van der Waals surface area contributed by atoms with E-state index in [0.29, 0.717) is 0 Å². The molecule has 0 bridgehead atoms. The summed E-state index contributed by atoms with van der Waals surface area (Å²) in [6, 6.07) is 0. The quantitative estimate of drug-likeness (QED) is 0.580. The second-order valence-corrected chi connectivity index (χ2v) is 7.80. The summed E-state index contributed by atoms with van der Waals surface area (Å²) in [6.07, 6.45) is 11.8. The summed E-state index contributed by atoms with van der Waals surface area (Å²) in [5.74, 6) is 2.45. The summed E-state index contributed by atoms with van der Waals surface area (Å²) >= 11 is 0. The van der Waals surface area contributed by atoms with Gasteiger partial charge in [0, 0.05) is 0 Å². The molecule has 0 aromatic heterocycles. The van der Waals surface area contributed by atoms with Crippen molar-refractivity contribution in [1.82, 2.24) is 0 Å². The van der Waals surface area contributed by atoms with Crippen molar-refractivity contribution < 1.29 is 0 Å². The monoisotopic (exact) mass is 178 g/mol. The van der Waals surface area contributed by atoms with E-state index in [0.717, 1.165) is 0 Å². The van der Waals surface area contributed by atoms with Crippen LogP contribution in [0, 0.1) is 0 Å². The molecule has 0 fully saturated rings. The molecule has 3 heteroatoms. The van der Waals surface area contributed by atoms with Crippen LogP contribution in [0.1, 0.15) is 0 Å². The molecule has 50 valence electrons. The Labute approximate surface area is 61.3 Å². The van der Waals surface area contributed by atoms with Crippen molar-refractivity contribution >= 4 is 42.2 Å². The normalized spacial score (nSPS) is 13.4. The average molecular weight is 178 g/mol. The fourth-order valence-corrected chi connectivity index (χ4v) is 5.55. The first-order valence-electron chi connectivity index (χ1n) is 2.66. The lowest BCUT2D eigenvalue weighted by atomic mass is 11.8. The Balaban J connectivity index is 3.50. The van der Waals surface area contributed by atoms with Crippen molar-refractivity contribution in [3.05, 3.63) is 0 Å². The van der Waals surface area contributed by atoms with Crippen LogP contribution in [0.15, 0.2) is 0 Å². The highest BCUT2D eigenvalue weighted by Crippen LogP contribution is 2.34. The highest BCUT2D eigenvalue weighted by Gasteiger charge is 2.09. The van der Waals surface area contributed by atoms with Gasteiger partial charge in [-0.3, -0.25) is 0 Å². The minimum atomic E-state index is 0.0213. The molecule has 0 aromatic carbocycles. The molecule has 2 unspecified atom stereocenters. The van der Waals surface area contributed by atoms with Crippen LogP contribution < -0.4 is 0 Å². The number of rotatable bonds is 4. The molecule has 0 aliphatic rings. The third kappa shape index (κ3) is 6.39. The Morgan fingerprint density at radius 1 is 1.44 bits per heavy atom. The van der Waals surface area contributed by atoms with Crippen molar-refractivity contribution in [2.24, 2.45) is 0 Å². The van der Waals surface area contributed by atoms with Gasteiger partial charge in [-0.15, -0.1) is 0 Å². The van der Waals surface area contributed by atoms with Gasteiger partial charge in [-0.05, 0) is 0 Å². The SMILES string of the molecule is C=PC[P+](=C)C[P+](=C)C. The van der Waals surface area contributed by atoms with Gasteiger partial charge in [0.2, 0.25) is 0 Å². The van der Waals surface area contributed by atoms with Gasteiger partial charge < -0.3 is 0 Å². The molecular weight excluding hydrogens is 165 g/mol. The Morgan fingerprint density at radius 3 is 2.33 bits per heavy atom. The smallest absolute Gasteiger partial charge is 0.0714 e. The van der Waals surface area contributed by atoms with Gasteiger partial charge in [-0.25, -0.2) is 0 Å². The van der Waals surface area contributed by atoms with Crippen LogP contribution in [0.2, 0.25) is 0 Å². The molecule has 0 N–H and O–H groups in total. The maximum absolute atomic E-state index is 4.06. The maximum Gasteiger partial charge on any atom is 0.252 e. The molecule has 0 rings (SSSR count). The van der Waals surface area contributed by atoms with Gasteiger partial charge in [0.05, 0.1) is 19.3 Å². The van der Waals surface area contributed by atoms with Crippen LogP contribution in [0.4, 0.5) is 0 Å². The average Bonchev–Trinajstić information content (AvgIpc) is 1.63. The van der Waals surface area contributed by atoms with E-state index in [-0.39, 0.29) is 15.1 Å². The van der Waals surface area contributed by atoms with Gasteiger partial charge in [0.1, 0.15) is 21.0 Å². The molecular formula is C6H13P3+2. The first kappa shape index (κ1) is 9.51. The van der Waals surface area contributed by atoms with E-state index in [1.165, 1.54) is 20.0 Å². The van der Waals surface area contributed by atoms with Crippen molar-refractivity contribution in [2.75, 3.05) is 18.5 Å². The predicted octanol–water partition coefficient (Wildman–Crippen LogP) is 2.74. The lowest BCUT2D eigenvalue weighted by Gasteiger charge is -1.79. The predicted molar refractivity (Wildman–Crippen MR) is 57.8 cm³/mol. The molecule has 0 nitrogen and oxygen atoms in total. The molecule has 0 spiro atoms. The Morgan fingerprint density at radius 2 is 2.00 bits per heavy atom. The minimum Gasteiger partial charge on any atom is -0.0714 e. The van der Waals surface area contributed by atoms with Crippen molar-refractivity contribution in [2.45, 2.75) is 0 Å². The van der Waals surface area contributed by atoms with E-state index in [2.05, 4.69) is 25.6 Å². The van der Waals surface area contributed by atoms with Crippen LogP contribution in [0.25, 0.3) is 0 Å². The van der Waals surface area contributed by atoms with Crippen LogP contribution in [-0.4, -0.2) is 37.4 Å². The second kappa shape index (κ2) is 5.31. The zero-order valence-corrected chi connectivity index (χ0v) is 8.56. The standard InChI is InChI=1S/C6H13P3/c1-7-5-9(4)6-8(2)3/h1-2,4-6H2,3H3/q+2. The van der Waals surface area contributed by atoms with Crippen LogP contribution in [-0.2, 0) is 0 Å². The summed E-state index contributed by atoms with van der Waals surface area (Å²) in [4.78, 5) is 0. The molecule has 0 saturated heterocycles.